The third-order valence-electron chi connectivity index (χ3n) is 2.60. The van der Waals surface area contributed by atoms with Crippen LogP contribution in [0.25, 0.3) is 5.57 Å². The van der Waals surface area contributed by atoms with Gasteiger partial charge in [0.15, 0.2) is 5.78 Å². The Bertz CT molecular complexity index is 569. The van der Waals surface area contributed by atoms with Crippen LogP contribution in [0.2, 0.25) is 0 Å². The van der Waals surface area contributed by atoms with Crippen molar-refractivity contribution in [1.82, 2.24) is 0 Å². The molecule has 0 amide bonds. The molecule has 0 bridgehead atoms. The Hall–Kier alpha value is -2.48. The predicted molar refractivity (Wildman–Crippen MR) is 71.3 cm³/mol. The number of hydrogen-bond acceptors (Lipinski definition) is 2. The van der Waals surface area contributed by atoms with Gasteiger partial charge in [0.25, 0.3) is 0 Å². The topological polar surface area (TPSA) is 34.1 Å². The molecule has 0 saturated heterocycles. The largest absolute Gasteiger partial charge is 0.299 e. The van der Waals surface area contributed by atoms with Gasteiger partial charge in [-0.2, -0.15) is 0 Å². The normalized spacial score (nSPS) is 11.0. The minimum Gasteiger partial charge on any atom is -0.299 e. The van der Waals surface area contributed by atoms with Crippen molar-refractivity contribution < 1.29 is 9.59 Å². The number of carbonyl (C=O) groups excluding carboxylic acids is 2. The van der Waals surface area contributed by atoms with Crippen LogP contribution in [0.15, 0.2) is 66.7 Å². The van der Waals surface area contributed by atoms with Crippen molar-refractivity contribution in [3.8, 4) is 0 Å². The van der Waals surface area contributed by atoms with Crippen LogP contribution in [0, 0.1) is 0 Å². The lowest BCUT2D eigenvalue weighted by Crippen LogP contribution is -2.02. The van der Waals surface area contributed by atoms with Crippen LogP contribution in [0.1, 0.15) is 15.9 Å². The Morgan fingerprint density at radius 1 is 0.778 bits per heavy atom. The average Bonchev–Trinajstić information content (AvgIpc) is 2.46. The molecule has 18 heavy (non-hydrogen) atoms. The highest BCUT2D eigenvalue weighted by atomic mass is 16.1. The number of benzene rings is 2. The first-order chi connectivity index (χ1) is 8.83. The summed E-state index contributed by atoms with van der Waals surface area (Å²) in [6.07, 6.45) is 1.95. The molecule has 2 aromatic carbocycles. The highest BCUT2D eigenvalue weighted by molar-refractivity contribution is 6.30. The van der Waals surface area contributed by atoms with Gasteiger partial charge in [0.05, 0.1) is 0 Å². The van der Waals surface area contributed by atoms with Gasteiger partial charge in [-0.05, 0) is 11.6 Å². The predicted octanol–water partition coefficient (Wildman–Crippen LogP) is 3.15. The fraction of sp³-hybridized carbons (Fsp3) is 0. The second kappa shape index (κ2) is 5.73. The summed E-state index contributed by atoms with van der Waals surface area (Å²) in [6.45, 7) is 0. The summed E-state index contributed by atoms with van der Waals surface area (Å²) < 4.78 is 0. The van der Waals surface area contributed by atoms with Gasteiger partial charge in [-0.15, -0.1) is 0 Å². The summed E-state index contributed by atoms with van der Waals surface area (Å²) in [7, 11) is 0. The van der Waals surface area contributed by atoms with E-state index in [0.29, 0.717) is 17.4 Å². The molecule has 0 saturated carbocycles. The Morgan fingerprint density at radius 2 is 1.28 bits per heavy atom. The van der Waals surface area contributed by atoms with E-state index in [2.05, 4.69) is 0 Å². The van der Waals surface area contributed by atoms with Crippen molar-refractivity contribution in [2.45, 2.75) is 0 Å². The molecular formula is C16H12O2. The van der Waals surface area contributed by atoms with Gasteiger partial charge in [0.2, 0.25) is 0 Å². The van der Waals surface area contributed by atoms with E-state index in [4.69, 9.17) is 0 Å². The van der Waals surface area contributed by atoms with Crippen LogP contribution in [0.3, 0.4) is 0 Å². The quantitative estimate of drug-likeness (QED) is 0.464. The number of Topliss-reactive ketones (excluding diaryl/α,β-unsaturated/α-hetero) is 1. The summed E-state index contributed by atoms with van der Waals surface area (Å²) in [5.74, 6) is -0.145. The van der Waals surface area contributed by atoms with Crippen molar-refractivity contribution in [3.63, 3.8) is 0 Å². The van der Waals surface area contributed by atoms with Gasteiger partial charge in [-0.3, -0.25) is 9.59 Å². The molecule has 2 rings (SSSR count). The summed E-state index contributed by atoms with van der Waals surface area (Å²) in [5.41, 5.74) is 1.74. The molecule has 0 fully saturated rings. The summed E-state index contributed by atoms with van der Waals surface area (Å²) >= 11 is 0. The first kappa shape index (κ1) is 12.0. The van der Waals surface area contributed by atoms with Gasteiger partial charge in [0.1, 0.15) is 6.29 Å². The summed E-state index contributed by atoms with van der Waals surface area (Å²) in [4.78, 5) is 23.0. The summed E-state index contributed by atoms with van der Waals surface area (Å²) in [6, 6.07) is 18.1. The second-order valence-electron chi connectivity index (χ2n) is 3.78. The van der Waals surface area contributed by atoms with Crippen LogP contribution in [0.4, 0.5) is 0 Å². The number of hydrogen-bond donors (Lipinski definition) is 0. The molecule has 0 unspecified atom stereocenters. The molecule has 0 aliphatic carbocycles. The van der Waals surface area contributed by atoms with Crippen LogP contribution in [-0.2, 0) is 4.79 Å². The highest BCUT2D eigenvalue weighted by Gasteiger charge is 2.13. The Labute approximate surface area is 106 Å². The Kier molecular flexibility index (Phi) is 3.82. The lowest BCUT2D eigenvalue weighted by atomic mass is 9.97. The molecule has 0 radical (unpaired) electrons. The van der Waals surface area contributed by atoms with Crippen molar-refractivity contribution in [1.29, 1.82) is 0 Å². The molecule has 0 aromatic heterocycles. The second-order valence-corrected chi connectivity index (χ2v) is 3.78. The molecule has 0 aliphatic rings. The smallest absolute Gasteiger partial charge is 0.193 e. The molecule has 2 heteroatoms. The monoisotopic (exact) mass is 236 g/mol. The van der Waals surface area contributed by atoms with E-state index in [1.165, 1.54) is 6.08 Å². The standard InChI is InChI=1S/C16H12O2/c17-12-11-15(13-7-3-1-4-8-13)16(18)14-9-5-2-6-10-14/h1-12H/b15-11+. The zero-order valence-corrected chi connectivity index (χ0v) is 9.74. The zero-order valence-electron chi connectivity index (χ0n) is 9.74. The third-order valence-corrected chi connectivity index (χ3v) is 2.60. The maximum atomic E-state index is 12.3. The minimum absolute atomic E-state index is 0.145. The van der Waals surface area contributed by atoms with Gasteiger partial charge in [-0.25, -0.2) is 0 Å². The van der Waals surface area contributed by atoms with E-state index in [1.807, 2.05) is 36.4 Å². The molecule has 0 spiro atoms. The number of ketones is 1. The summed E-state index contributed by atoms with van der Waals surface area (Å²) in [5, 5.41) is 0. The molecular weight excluding hydrogens is 224 g/mol. The SMILES string of the molecule is O=C/C=C(/C(=O)c1ccccc1)c1ccccc1. The molecule has 0 N–H and O–H groups in total. The number of allylic oxidation sites excluding steroid dienone is 2. The van der Waals surface area contributed by atoms with E-state index in [1.54, 1.807) is 24.3 Å². The van der Waals surface area contributed by atoms with Crippen molar-refractivity contribution >= 4 is 17.6 Å². The number of carbonyl (C=O) groups is 2. The molecule has 88 valence electrons. The lowest BCUT2D eigenvalue weighted by molar-refractivity contribution is -0.104. The fourth-order valence-corrected chi connectivity index (χ4v) is 1.73. The zero-order chi connectivity index (χ0) is 12.8. The fourth-order valence-electron chi connectivity index (χ4n) is 1.73. The van der Waals surface area contributed by atoms with Crippen LogP contribution in [0.5, 0.6) is 0 Å². The van der Waals surface area contributed by atoms with E-state index in [-0.39, 0.29) is 5.78 Å². The van der Waals surface area contributed by atoms with Crippen LogP contribution < -0.4 is 0 Å². The van der Waals surface area contributed by atoms with E-state index in [0.717, 1.165) is 5.56 Å². The van der Waals surface area contributed by atoms with Gasteiger partial charge < -0.3 is 0 Å². The van der Waals surface area contributed by atoms with Crippen molar-refractivity contribution in [2.75, 3.05) is 0 Å². The third kappa shape index (κ3) is 2.61. The minimum atomic E-state index is -0.145. The maximum absolute atomic E-state index is 12.3. The van der Waals surface area contributed by atoms with E-state index < -0.39 is 0 Å². The molecule has 0 heterocycles. The number of aldehydes is 1. The molecule has 0 atom stereocenters. The lowest BCUT2D eigenvalue weighted by Gasteiger charge is -2.05. The van der Waals surface area contributed by atoms with Gasteiger partial charge >= 0.3 is 0 Å². The first-order valence-electron chi connectivity index (χ1n) is 5.63. The van der Waals surface area contributed by atoms with Crippen LogP contribution >= 0.6 is 0 Å². The van der Waals surface area contributed by atoms with Crippen molar-refractivity contribution in [2.24, 2.45) is 0 Å². The Balaban J connectivity index is 2.42. The molecule has 0 aliphatic heterocycles. The highest BCUT2D eigenvalue weighted by Crippen LogP contribution is 2.19. The van der Waals surface area contributed by atoms with Gasteiger partial charge in [0, 0.05) is 11.1 Å². The molecule has 2 aromatic rings. The Morgan fingerprint density at radius 3 is 1.78 bits per heavy atom. The average molecular weight is 236 g/mol. The molecule has 2 nitrogen and oxygen atoms in total. The van der Waals surface area contributed by atoms with E-state index >= 15 is 0 Å². The van der Waals surface area contributed by atoms with Crippen LogP contribution in [-0.4, -0.2) is 12.1 Å². The van der Waals surface area contributed by atoms with Crippen molar-refractivity contribution in [3.05, 3.63) is 77.9 Å². The van der Waals surface area contributed by atoms with Gasteiger partial charge in [-0.1, -0.05) is 60.7 Å². The first-order valence-corrected chi connectivity index (χ1v) is 5.63. The van der Waals surface area contributed by atoms with E-state index in [9.17, 15) is 9.59 Å². The number of rotatable bonds is 4. The maximum Gasteiger partial charge on any atom is 0.193 e.